The van der Waals surface area contributed by atoms with Gasteiger partial charge in [-0.05, 0) is 31.9 Å². The molecule has 2 rings (SSSR count). The molecule has 0 amide bonds. The highest BCUT2D eigenvalue weighted by Gasteiger charge is 2.30. The van der Waals surface area contributed by atoms with Crippen LogP contribution in [0, 0.1) is 11.2 Å². The summed E-state index contributed by atoms with van der Waals surface area (Å²) in [7, 11) is 0. The van der Waals surface area contributed by atoms with Crippen molar-refractivity contribution in [1.29, 1.82) is 0 Å². The summed E-state index contributed by atoms with van der Waals surface area (Å²) in [6, 6.07) is 3.20. The van der Waals surface area contributed by atoms with Crippen LogP contribution in [0.1, 0.15) is 25.8 Å². The third kappa shape index (κ3) is 2.80. The second-order valence-electron chi connectivity index (χ2n) is 5.28. The van der Waals surface area contributed by atoms with Gasteiger partial charge in [0, 0.05) is 6.42 Å². The number of ether oxygens (including phenoxy) is 2. The van der Waals surface area contributed by atoms with Crippen molar-refractivity contribution in [2.24, 2.45) is 5.41 Å². The van der Waals surface area contributed by atoms with Crippen molar-refractivity contribution >= 4 is 5.97 Å². The Morgan fingerprint density at radius 3 is 2.74 bits per heavy atom. The molecule has 0 unspecified atom stereocenters. The number of rotatable bonds is 3. The molecule has 0 saturated heterocycles. The van der Waals surface area contributed by atoms with Crippen molar-refractivity contribution in [1.82, 2.24) is 0 Å². The normalized spacial score (nSPS) is 14.9. The molecule has 0 aliphatic carbocycles. The van der Waals surface area contributed by atoms with E-state index in [1.54, 1.807) is 26.0 Å². The zero-order valence-electron chi connectivity index (χ0n) is 11.0. The Labute approximate surface area is 111 Å². The predicted molar refractivity (Wildman–Crippen MR) is 67.1 cm³/mol. The van der Waals surface area contributed by atoms with Gasteiger partial charge in [0.2, 0.25) is 0 Å². The minimum Gasteiger partial charge on any atom is -0.489 e. The molecule has 1 aliphatic rings. The number of benzene rings is 1. The highest BCUT2D eigenvalue weighted by atomic mass is 19.1. The van der Waals surface area contributed by atoms with Gasteiger partial charge in [-0.15, -0.1) is 0 Å². The van der Waals surface area contributed by atoms with Crippen LogP contribution in [0.2, 0.25) is 0 Å². The molecule has 1 aromatic carbocycles. The van der Waals surface area contributed by atoms with Crippen LogP contribution < -0.4 is 9.47 Å². The standard InChI is InChI=1S/C14H17FO4/c1-14(2,13(16)17)8-9-4-5-10-12(11(9)15)19-7-3-6-18-10/h4-5H,3,6-8H2,1-2H3,(H,16,17). The summed E-state index contributed by atoms with van der Waals surface area (Å²) in [4.78, 5) is 11.1. The third-order valence-corrected chi connectivity index (χ3v) is 3.14. The van der Waals surface area contributed by atoms with Crippen LogP contribution in [0.15, 0.2) is 12.1 Å². The number of fused-ring (bicyclic) bond motifs is 1. The molecule has 1 aromatic rings. The molecule has 4 nitrogen and oxygen atoms in total. The van der Waals surface area contributed by atoms with E-state index >= 15 is 0 Å². The number of hydrogen-bond acceptors (Lipinski definition) is 3. The number of aliphatic carboxylic acids is 1. The van der Waals surface area contributed by atoms with Crippen LogP contribution in [-0.2, 0) is 11.2 Å². The second-order valence-corrected chi connectivity index (χ2v) is 5.28. The number of carboxylic acid groups (broad SMARTS) is 1. The third-order valence-electron chi connectivity index (χ3n) is 3.14. The Kier molecular flexibility index (Phi) is 3.64. The smallest absolute Gasteiger partial charge is 0.309 e. The highest BCUT2D eigenvalue weighted by molar-refractivity contribution is 5.74. The van der Waals surface area contributed by atoms with E-state index in [9.17, 15) is 9.18 Å². The first-order valence-corrected chi connectivity index (χ1v) is 6.22. The van der Waals surface area contributed by atoms with Gasteiger partial charge in [0.25, 0.3) is 0 Å². The first-order chi connectivity index (χ1) is 8.92. The van der Waals surface area contributed by atoms with Crippen LogP contribution in [-0.4, -0.2) is 24.3 Å². The molecule has 0 aromatic heterocycles. The van der Waals surface area contributed by atoms with Crippen LogP contribution >= 0.6 is 0 Å². The largest absolute Gasteiger partial charge is 0.489 e. The van der Waals surface area contributed by atoms with Gasteiger partial charge in [-0.1, -0.05) is 6.07 Å². The number of halogens is 1. The van der Waals surface area contributed by atoms with Crippen LogP contribution in [0.5, 0.6) is 11.5 Å². The van der Waals surface area contributed by atoms with Gasteiger partial charge in [0.15, 0.2) is 17.3 Å². The maximum atomic E-state index is 14.3. The summed E-state index contributed by atoms with van der Waals surface area (Å²) in [5.41, 5.74) is -0.697. The molecule has 5 heteroatoms. The molecule has 0 atom stereocenters. The maximum Gasteiger partial charge on any atom is 0.309 e. The van der Waals surface area contributed by atoms with Crippen molar-refractivity contribution in [3.8, 4) is 11.5 Å². The van der Waals surface area contributed by atoms with E-state index in [4.69, 9.17) is 14.6 Å². The zero-order valence-corrected chi connectivity index (χ0v) is 11.0. The van der Waals surface area contributed by atoms with E-state index in [-0.39, 0.29) is 12.2 Å². The summed E-state index contributed by atoms with van der Waals surface area (Å²) in [5.74, 6) is -1.00. The van der Waals surface area contributed by atoms with Gasteiger partial charge >= 0.3 is 5.97 Å². The summed E-state index contributed by atoms with van der Waals surface area (Å²) < 4.78 is 25.1. The van der Waals surface area contributed by atoms with E-state index in [0.717, 1.165) is 0 Å². The van der Waals surface area contributed by atoms with Gasteiger partial charge in [0.05, 0.1) is 18.6 Å². The van der Waals surface area contributed by atoms with Crippen molar-refractivity contribution in [3.63, 3.8) is 0 Å². The lowest BCUT2D eigenvalue weighted by Gasteiger charge is -2.20. The minimum absolute atomic E-state index is 0.0937. The SMILES string of the molecule is CC(C)(Cc1ccc2c(c1F)OCCCO2)C(=O)O. The lowest BCUT2D eigenvalue weighted by atomic mass is 9.85. The molecule has 104 valence electrons. The van der Waals surface area contributed by atoms with Gasteiger partial charge in [-0.25, -0.2) is 4.39 Å². The molecule has 0 radical (unpaired) electrons. The maximum absolute atomic E-state index is 14.3. The fourth-order valence-electron chi connectivity index (χ4n) is 1.93. The van der Waals surface area contributed by atoms with Crippen molar-refractivity contribution in [2.75, 3.05) is 13.2 Å². The molecule has 0 fully saturated rings. The quantitative estimate of drug-likeness (QED) is 0.915. The average molecular weight is 268 g/mol. The molecule has 0 spiro atoms. The lowest BCUT2D eigenvalue weighted by molar-refractivity contribution is -0.146. The first kappa shape index (κ1) is 13.6. The summed E-state index contributed by atoms with van der Waals surface area (Å²) >= 11 is 0. The molecule has 1 N–H and O–H groups in total. The Bertz CT molecular complexity index is 496. The van der Waals surface area contributed by atoms with Gasteiger partial charge < -0.3 is 14.6 Å². The van der Waals surface area contributed by atoms with E-state index < -0.39 is 17.2 Å². The van der Waals surface area contributed by atoms with Gasteiger partial charge in [-0.3, -0.25) is 4.79 Å². The van der Waals surface area contributed by atoms with Crippen LogP contribution in [0.4, 0.5) is 4.39 Å². The molecule has 0 bridgehead atoms. The van der Waals surface area contributed by atoms with Crippen molar-refractivity contribution < 1.29 is 23.8 Å². The molecule has 19 heavy (non-hydrogen) atoms. The summed E-state index contributed by atoms with van der Waals surface area (Å²) in [6.45, 7) is 4.03. The molecule has 1 heterocycles. The minimum atomic E-state index is -1.03. The zero-order chi connectivity index (χ0) is 14.0. The number of carbonyl (C=O) groups is 1. The topological polar surface area (TPSA) is 55.8 Å². The van der Waals surface area contributed by atoms with Crippen molar-refractivity contribution in [3.05, 3.63) is 23.5 Å². The number of carboxylic acids is 1. The highest BCUT2D eigenvalue weighted by Crippen LogP contribution is 2.36. The number of hydrogen-bond donors (Lipinski definition) is 1. The van der Waals surface area contributed by atoms with E-state index in [1.807, 2.05) is 0 Å². The second kappa shape index (κ2) is 5.07. The Balaban J connectivity index is 2.33. The molecule has 1 aliphatic heterocycles. The van der Waals surface area contributed by atoms with Crippen LogP contribution in [0.25, 0.3) is 0 Å². The Hall–Kier alpha value is -1.78. The fraction of sp³-hybridized carbons (Fsp3) is 0.500. The average Bonchev–Trinajstić information content (AvgIpc) is 2.58. The summed E-state index contributed by atoms with van der Waals surface area (Å²) in [6.07, 6.45) is 0.800. The fourth-order valence-corrected chi connectivity index (χ4v) is 1.93. The predicted octanol–water partition coefficient (Wildman–Crippen LogP) is 2.64. The summed E-state index contributed by atoms with van der Waals surface area (Å²) in [5, 5.41) is 9.10. The van der Waals surface area contributed by atoms with Gasteiger partial charge in [-0.2, -0.15) is 0 Å². The van der Waals surface area contributed by atoms with Gasteiger partial charge in [0.1, 0.15) is 0 Å². The molecular formula is C14H17FO4. The van der Waals surface area contributed by atoms with Crippen LogP contribution in [0.3, 0.4) is 0 Å². The van der Waals surface area contributed by atoms with Crippen molar-refractivity contribution in [2.45, 2.75) is 26.7 Å². The monoisotopic (exact) mass is 268 g/mol. The first-order valence-electron chi connectivity index (χ1n) is 6.22. The van der Waals surface area contributed by atoms with E-state index in [2.05, 4.69) is 0 Å². The molecular weight excluding hydrogens is 251 g/mol. The Morgan fingerprint density at radius 1 is 1.37 bits per heavy atom. The Morgan fingerprint density at radius 2 is 2.05 bits per heavy atom. The lowest BCUT2D eigenvalue weighted by Crippen LogP contribution is -2.26. The molecule has 0 saturated carbocycles. The van der Waals surface area contributed by atoms with E-state index in [0.29, 0.717) is 30.9 Å². The van der Waals surface area contributed by atoms with E-state index in [1.165, 1.54) is 0 Å².